The first-order valence-corrected chi connectivity index (χ1v) is 8.01. The van der Waals surface area contributed by atoms with Crippen molar-refractivity contribution in [1.82, 2.24) is 0 Å². The molecule has 1 heterocycles. The van der Waals surface area contributed by atoms with Gasteiger partial charge in [-0.05, 0) is 13.8 Å². The second-order valence-electron chi connectivity index (χ2n) is 5.24. The minimum absolute atomic E-state index is 0.0238. The number of hydrogen-bond acceptors (Lipinski definition) is 5. The lowest BCUT2D eigenvalue weighted by Gasteiger charge is -2.25. The van der Waals surface area contributed by atoms with Crippen LogP contribution in [0.4, 0.5) is 0 Å². The van der Waals surface area contributed by atoms with Crippen molar-refractivity contribution in [2.45, 2.75) is 63.8 Å². The summed E-state index contributed by atoms with van der Waals surface area (Å²) in [7, 11) is 1.77. The zero-order valence-electron chi connectivity index (χ0n) is 11.7. The van der Waals surface area contributed by atoms with Crippen molar-refractivity contribution in [2.24, 2.45) is 0 Å². The fraction of sp³-hybridized carbons (Fsp3) is 1.00. The third-order valence-electron chi connectivity index (χ3n) is 2.89. The Bertz CT molecular complexity index is 337. The first-order chi connectivity index (χ1) is 8.65. The molecule has 0 aliphatic carbocycles. The standard InChI is InChI=1S/C11H22BO6P/c1-6(2)16-5-8-10(9(13)11(12)17-8)18-19(14,15)7(3)4/h6-11,13H,5H2,1-4H3,(H,14,15)/t8-,9+,10-,11-/m1/s1. The zero-order chi connectivity index (χ0) is 14.8. The van der Waals surface area contributed by atoms with Crippen LogP contribution in [0.2, 0.25) is 0 Å². The molecule has 1 rings (SSSR count). The van der Waals surface area contributed by atoms with E-state index in [0.717, 1.165) is 0 Å². The van der Waals surface area contributed by atoms with Gasteiger partial charge in [0.2, 0.25) is 0 Å². The van der Waals surface area contributed by atoms with Gasteiger partial charge in [0, 0.05) is 6.00 Å². The summed E-state index contributed by atoms with van der Waals surface area (Å²) in [5.41, 5.74) is -0.566. The molecule has 19 heavy (non-hydrogen) atoms. The first kappa shape index (κ1) is 17.1. The highest BCUT2D eigenvalue weighted by molar-refractivity contribution is 7.53. The molecule has 1 saturated heterocycles. The molecule has 6 nitrogen and oxygen atoms in total. The predicted molar refractivity (Wildman–Crippen MR) is 71.3 cm³/mol. The minimum atomic E-state index is -3.81. The largest absolute Gasteiger partial charge is 0.388 e. The summed E-state index contributed by atoms with van der Waals surface area (Å²) in [6, 6.07) is -0.946. The summed E-state index contributed by atoms with van der Waals surface area (Å²) in [6.45, 7) is 6.99. The Kier molecular flexibility index (Phi) is 6.05. The topological polar surface area (TPSA) is 85.2 Å². The van der Waals surface area contributed by atoms with Crippen molar-refractivity contribution < 1.29 is 28.6 Å². The van der Waals surface area contributed by atoms with E-state index in [-0.39, 0.29) is 12.7 Å². The smallest absolute Gasteiger partial charge is 0.331 e. The zero-order valence-corrected chi connectivity index (χ0v) is 12.6. The van der Waals surface area contributed by atoms with Gasteiger partial charge in [0.25, 0.3) is 0 Å². The maximum atomic E-state index is 11.9. The molecule has 1 aliphatic rings. The van der Waals surface area contributed by atoms with Crippen LogP contribution < -0.4 is 0 Å². The average Bonchev–Trinajstić information content (AvgIpc) is 2.53. The van der Waals surface area contributed by atoms with Gasteiger partial charge < -0.3 is 19.5 Å². The van der Waals surface area contributed by atoms with Crippen molar-refractivity contribution in [3.63, 3.8) is 0 Å². The third kappa shape index (κ3) is 4.55. The van der Waals surface area contributed by atoms with Gasteiger partial charge in [-0.1, -0.05) is 13.8 Å². The van der Waals surface area contributed by atoms with Gasteiger partial charge in [0.15, 0.2) is 0 Å². The summed E-state index contributed by atoms with van der Waals surface area (Å²) >= 11 is 0. The molecule has 110 valence electrons. The van der Waals surface area contributed by atoms with Crippen molar-refractivity contribution in [3.05, 3.63) is 0 Å². The molecule has 2 radical (unpaired) electrons. The molecular formula is C11H22BO6P. The fourth-order valence-corrected chi connectivity index (χ4v) is 2.47. The molecule has 1 aliphatic heterocycles. The number of ether oxygens (including phenoxy) is 2. The molecule has 0 amide bonds. The highest BCUT2D eigenvalue weighted by atomic mass is 31.2. The normalized spacial score (nSPS) is 34.9. The van der Waals surface area contributed by atoms with Crippen LogP contribution in [-0.2, 0) is 18.6 Å². The Balaban J connectivity index is 2.72. The Hall–Kier alpha value is 0.0949. The summed E-state index contributed by atoms with van der Waals surface area (Å²) in [5, 5.41) is 9.88. The number of aliphatic hydroxyl groups excluding tert-OH is 1. The van der Waals surface area contributed by atoms with Gasteiger partial charge in [0.1, 0.15) is 26.2 Å². The first-order valence-electron chi connectivity index (χ1n) is 6.36. The van der Waals surface area contributed by atoms with Gasteiger partial charge in [-0.15, -0.1) is 0 Å². The highest BCUT2D eigenvalue weighted by Crippen LogP contribution is 2.50. The van der Waals surface area contributed by atoms with E-state index in [1.165, 1.54) is 0 Å². The molecule has 0 spiro atoms. The van der Waals surface area contributed by atoms with E-state index in [1.54, 1.807) is 13.8 Å². The third-order valence-corrected chi connectivity index (χ3v) is 4.74. The van der Waals surface area contributed by atoms with Gasteiger partial charge in [-0.2, -0.15) is 0 Å². The Morgan fingerprint density at radius 2 is 1.95 bits per heavy atom. The number of hydrogen-bond donors (Lipinski definition) is 2. The monoisotopic (exact) mass is 292 g/mol. The van der Waals surface area contributed by atoms with Crippen LogP contribution in [0.5, 0.6) is 0 Å². The summed E-state index contributed by atoms with van der Waals surface area (Å²) in [4.78, 5) is 9.74. The van der Waals surface area contributed by atoms with E-state index in [4.69, 9.17) is 21.8 Å². The molecule has 1 unspecified atom stereocenters. The van der Waals surface area contributed by atoms with Crippen LogP contribution in [-0.4, -0.2) is 60.5 Å². The molecule has 0 bridgehead atoms. The van der Waals surface area contributed by atoms with Crippen molar-refractivity contribution >= 4 is 15.4 Å². The maximum absolute atomic E-state index is 11.9. The second kappa shape index (κ2) is 6.70. The van der Waals surface area contributed by atoms with Crippen LogP contribution in [0.3, 0.4) is 0 Å². The van der Waals surface area contributed by atoms with Crippen LogP contribution in [0, 0.1) is 0 Å². The van der Waals surface area contributed by atoms with E-state index < -0.39 is 37.6 Å². The molecule has 5 atom stereocenters. The lowest BCUT2D eigenvalue weighted by atomic mass is 9.93. The molecular weight excluding hydrogens is 270 g/mol. The quantitative estimate of drug-likeness (QED) is 0.552. The molecule has 1 fully saturated rings. The van der Waals surface area contributed by atoms with Crippen LogP contribution >= 0.6 is 7.60 Å². The summed E-state index contributed by atoms with van der Waals surface area (Å²) in [6.07, 6.45) is -2.80. The molecule has 2 N–H and O–H groups in total. The van der Waals surface area contributed by atoms with E-state index >= 15 is 0 Å². The van der Waals surface area contributed by atoms with Gasteiger partial charge in [-0.3, -0.25) is 9.09 Å². The minimum Gasteiger partial charge on any atom is -0.388 e. The molecule has 0 aromatic heterocycles. The lowest BCUT2D eigenvalue weighted by molar-refractivity contribution is -0.0445. The van der Waals surface area contributed by atoms with Crippen LogP contribution in [0.15, 0.2) is 0 Å². The molecule has 8 heteroatoms. The van der Waals surface area contributed by atoms with Crippen molar-refractivity contribution in [1.29, 1.82) is 0 Å². The molecule has 0 saturated carbocycles. The van der Waals surface area contributed by atoms with Crippen LogP contribution in [0.25, 0.3) is 0 Å². The van der Waals surface area contributed by atoms with Gasteiger partial charge in [0.05, 0.1) is 18.4 Å². The summed E-state index contributed by atoms with van der Waals surface area (Å²) in [5.74, 6) is 0. The second-order valence-corrected chi connectivity index (χ2v) is 7.61. The van der Waals surface area contributed by atoms with E-state index in [9.17, 15) is 14.6 Å². The predicted octanol–water partition coefficient (Wildman–Crippen LogP) is 0.645. The average molecular weight is 292 g/mol. The van der Waals surface area contributed by atoms with Crippen molar-refractivity contribution in [2.75, 3.05) is 6.61 Å². The number of rotatable bonds is 6. The Morgan fingerprint density at radius 3 is 2.42 bits per heavy atom. The summed E-state index contributed by atoms with van der Waals surface area (Å²) < 4.78 is 27.7. The SMILES string of the molecule is [B][C@@H]1O[C@H](COC(C)C)[C@@H](OP(=O)(O)C(C)C)[C@@H]1O. The van der Waals surface area contributed by atoms with E-state index in [0.29, 0.717) is 0 Å². The fourth-order valence-electron chi connectivity index (χ4n) is 1.61. The Morgan fingerprint density at radius 1 is 1.37 bits per heavy atom. The maximum Gasteiger partial charge on any atom is 0.331 e. The highest BCUT2D eigenvalue weighted by Gasteiger charge is 2.45. The molecule has 0 aromatic rings. The molecule has 0 aromatic carbocycles. The van der Waals surface area contributed by atoms with E-state index in [1.807, 2.05) is 13.8 Å². The number of aliphatic hydroxyl groups is 1. The van der Waals surface area contributed by atoms with Gasteiger partial charge >= 0.3 is 7.60 Å². The van der Waals surface area contributed by atoms with Gasteiger partial charge in [-0.25, -0.2) is 0 Å². The van der Waals surface area contributed by atoms with Crippen molar-refractivity contribution in [3.8, 4) is 0 Å². The Labute approximate surface area is 115 Å². The lowest BCUT2D eigenvalue weighted by Crippen LogP contribution is -2.37. The van der Waals surface area contributed by atoms with E-state index in [2.05, 4.69) is 0 Å². The van der Waals surface area contributed by atoms with Crippen LogP contribution in [0.1, 0.15) is 27.7 Å².